The van der Waals surface area contributed by atoms with Crippen LogP contribution in [0.15, 0.2) is 5.38 Å². The lowest BCUT2D eigenvalue weighted by Crippen LogP contribution is -2.34. The molecular weight excluding hydrogens is 220 g/mol. The molecule has 0 aliphatic rings. The van der Waals surface area contributed by atoms with Crippen molar-refractivity contribution in [1.29, 1.82) is 0 Å². The third-order valence-corrected chi connectivity index (χ3v) is 3.73. The lowest BCUT2D eigenvalue weighted by atomic mass is 10.0. The summed E-state index contributed by atoms with van der Waals surface area (Å²) in [5.41, 5.74) is 1.12. The monoisotopic (exact) mass is 242 g/mol. The molecule has 0 aliphatic heterocycles. The SMILES string of the molecule is CCc1nc(CNC(CCO)C(C)C)cs1. The second-order valence-corrected chi connectivity index (χ2v) is 5.27. The van der Waals surface area contributed by atoms with E-state index in [0.717, 1.165) is 25.1 Å². The molecule has 0 spiro atoms. The van der Waals surface area contributed by atoms with Gasteiger partial charge in [0.1, 0.15) is 0 Å². The first-order chi connectivity index (χ1) is 7.67. The number of aliphatic hydroxyl groups excluding tert-OH is 1. The quantitative estimate of drug-likeness (QED) is 0.770. The molecular formula is C12H22N2OS. The van der Waals surface area contributed by atoms with Crippen molar-refractivity contribution in [2.75, 3.05) is 6.61 Å². The first kappa shape index (κ1) is 13.6. The molecule has 1 heterocycles. The number of nitrogens with one attached hydrogen (secondary N) is 1. The van der Waals surface area contributed by atoms with Crippen LogP contribution in [-0.4, -0.2) is 22.7 Å². The van der Waals surface area contributed by atoms with E-state index < -0.39 is 0 Å². The highest BCUT2D eigenvalue weighted by molar-refractivity contribution is 7.09. The number of thiazole rings is 1. The van der Waals surface area contributed by atoms with Crippen molar-refractivity contribution in [3.63, 3.8) is 0 Å². The normalized spacial score (nSPS) is 13.3. The topological polar surface area (TPSA) is 45.2 Å². The highest BCUT2D eigenvalue weighted by Gasteiger charge is 2.12. The number of aryl methyl sites for hydroxylation is 1. The fourth-order valence-corrected chi connectivity index (χ4v) is 2.38. The molecule has 1 atom stereocenters. The first-order valence-electron chi connectivity index (χ1n) is 5.94. The molecule has 0 aromatic carbocycles. The van der Waals surface area contributed by atoms with Crippen LogP contribution < -0.4 is 5.32 Å². The van der Waals surface area contributed by atoms with Gasteiger partial charge in [0.25, 0.3) is 0 Å². The minimum Gasteiger partial charge on any atom is -0.396 e. The van der Waals surface area contributed by atoms with Gasteiger partial charge >= 0.3 is 0 Å². The maximum absolute atomic E-state index is 8.97. The van der Waals surface area contributed by atoms with Crippen molar-refractivity contribution >= 4 is 11.3 Å². The van der Waals surface area contributed by atoms with Crippen LogP contribution in [0, 0.1) is 5.92 Å². The Balaban J connectivity index is 2.42. The van der Waals surface area contributed by atoms with E-state index in [4.69, 9.17) is 5.11 Å². The molecule has 0 bridgehead atoms. The van der Waals surface area contributed by atoms with Gasteiger partial charge in [0.2, 0.25) is 0 Å². The Bertz CT molecular complexity index is 299. The lowest BCUT2D eigenvalue weighted by Gasteiger charge is -2.20. The molecule has 1 aromatic rings. The molecule has 1 rings (SSSR count). The van der Waals surface area contributed by atoms with Gasteiger partial charge in [-0.25, -0.2) is 4.98 Å². The molecule has 0 amide bonds. The van der Waals surface area contributed by atoms with E-state index in [2.05, 4.69) is 36.5 Å². The number of hydrogen-bond donors (Lipinski definition) is 2. The maximum atomic E-state index is 8.97. The maximum Gasteiger partial charge on any atom is 0.0926 e. The zero-order valence-electron chi connectivity index (χ0n) is 10.4. The highest BCUT2D eigenvalue weighted by atomic mass is 32.1. The largest absolute Gasteiger partial charge is 0.396 e. The molecule has 92 valence electrons. The van der Waals surface area contributed by atoms with Crippen molar-refractivity contribution in [2.45, 2.75) is 46.2 Å². The molecule has 2 N–H and O–H groups in total. The molecule has 0 saturated heterocycles. The second-order valence-electron chi connectivity index (χ2n) is 4.33. The van der Waals surface area contributed by atoms with Crippen molar-refractivity contribution in [2.24, 2.45) is 5.92 Å². The molecule has 4 heteroatoms. The van der Waals surface area contributed by atoms with E-state index in [1.807, 2.05) is 0 Å². The Labute approximate surface area is 102 Å². The van der Waals surface area contributed by atoms with E-state index >= 15 is 0 Å². The first-order valence-corrected chi connectivity index (χ1v) is 6.82. The van der Waals surface area contributed by atoms with Gasteiger partial charge in [0.15, 0.2) is 0 Å². The highest BCUT2D eigenvalue weighted by Crippen LogP contribution is 2.11. The minimum absolute atomic E-state index is 0.243. The van der Waals surface area contributed by atoms with Gasteiger partial charge in [-0.05, 0) is 18.8 Å². The zero-order valence-corrected chi connectivity index (χ0v) is 11.2. The molecule has 16 heavy (non-hydrogen) atoms. The summed E-state index contributed by atoms with van der Waals surface area (Å²) in [6.07, 6.45) is 1.82. The van der Waals surface area contributed by atoms with E-state index in [-0.39, 0.29) is 6.61 Å². The van der Waals surface area contributed by atoms with Gasteiger partial charge in [0.05, 0.1) is 10.7 Å². The molecule has 0 fully saturated rings. The molecule has 1 aromatic heterocycles. The van der Waals surface area contributed by atoms with Crippen LogP contribution in [0.1, 0.15) is 37.9 Å². The van der Waals surface area contributed by atoms with Crippen molar-refractivity contribution < 1.29 is 5.11 Å². The molecule has 3 nitrogen and oxygen atoms in total. The van der Waals surface area contributed by atoms with Crippen LogP contribution in [0.3, 0.4) is 0 Å². The summed E-state index contributed by atoms with van der Waals surface area (Å²) < 4.78 is 0. The van der Waals surface area contributed by atoms with E-state index in [0.29, 0.717) is 12.0 Å². The van der Waals surface area contributed by atoms with E-state index in [1.165, 1.54) is 5.01 Å². The van der Waals surface area contributed by atoms with E-state index in [1.54, 1.807) is 11.3 Å². The van der Waals surface area contributed by atoms with Crippen molar-refractivity contribution in [3.8, 4) is 0 Å². The zero-order chi connectivity index (χ0) is 12.0. The standard InChI is InChI=1S/C12H22N2OS/c1-4-12-14-10(8-16-12)7-13-11(5-6-15)9(2)3/h8-9,11,13,15H,4-7H2,1-3H3. The summed E-state index contributed by atoms with van der Waals surface area (Å²) in [5.74, 6) is 0.538. The van der Waals surface area contributed by atoms with Crippen LogP contribution in [0.25, 0.3) is 0 Å². The molecule has 0 radical (unpaired) electrons. The van der Waals surface area contributed by atoms with Crippen LogP contribution in [-0.2, 0) is 13.0 Å². The fraction of sp³-hybridized carbons (Fsp3) is 0.750. The Morgan fingerprint density at radius 2 is 2.25 bits per heavy atom. The van der Waals surface area contributed by atoms with Gasteiger partial charge in [-0.3, -0.25) is 0 Å². The average Bonchev–Trinajstić information content (AvgIpc) is 2.71. The third kappa shape index (κ3) is 4.20. The van der Waals surface area contributed by atoms with Crippen LogP contribution >= 0.6 is 11.3 Å². The summed E-state index contributed by atoms with van der Waals surface area (Å²) in [6.45, 7) is 7.52. The summed E-state index contributed by atoms with van der Waals surface area (Å²) >= 11 is 1.72. The van der Waals surface area contributed by atoms with Gasteiger partial charge in [-0.15, -0.1) is 11.3 Å². The number of hydrogen-bond acceptors (Lipinski definition) is 4. The predicted molar refractivity (Wildman–Crippen MR) is 68.7 cm³/mol. The van der Waals surface area contributed by atoms with Crippen LogP contribution in [0.5, 0.6) is 0 Å². The Morgan fingerprint density at radius 3 is 2.75 bits per heavy atom. The van der Waals surface area contributed by atoms with Gasteiger partial charge in [-0.1, -0.05) is 20.8 Å². The number of rotatable bonds is 7. The molecule has 0 aliphatic carbocycles. The number of aliphatic hydroxyl groups is 1. The van der Waals surface area contributed by atoms with Gasteiger partial charge in [-0.2, -0.15) is 0 Å². The average molecular weight is 242 g/mol. The summed E-state index contributed by atoms with van der Waals surface area (Å²) in [5, 5.41) is 15.7. The number of nitrogens with zero attached hydrogens (tertiary/aromatic N) is 1. The summed E-state index contributed by atoms with van der Waals surface area (Å²) in [6, 6.07) is 0.372. The second kappa shape index (κ2) is 6.99. The smallest absolute Gasteiger partial charge is 0.0926 e. The van der Waals surface area contributed by atoms with Gasteiger partial charge < -0.3 is 10.4 Å². The summed E-state index contributed by atoms with van der Waals surface area (Å²) in [7, 11) is 0. The molecule has 0 saturated carbocycles. The van der Waals surface area contributed by atoms with Crippen LogP contribution in [0.2, 0.25) is 0 Å². The van der Waals surface area contributed by atoms with Crippen molar-refractivity contribution in [1.82, 2.24) is 10.3 Å². The van der Waals surface area contributed by atoms with Crippen molar-refractivity contribution in [3.05, 3.63) is 16.1 Å². The van der Waals surface area contributed by atoms with Gasteiger partial charge in [0, 0.05) is 24.6 Å². The number of aromatic nitrogens is 1. The lowest BCUT2D eigenvalue weighted by molar-refractivity contribution is 0.243. The Morgan fingerprint density at radius 1 is 1.50 bits per heavy atom. The Kier molecular flexibility index (Phi) is 5.95. The summed E-state index contributed by atoms with van der Waals surface area (Å²) in [4.78, 5) is 4.51. The van der Waals surface area contributed by atoms with Crippen LogP contribution in [0.4, 0.5) is 0 Å². The third-order valence-electron chi connectivity index (χ3n) is 2.69. The molecule has 1 unspecified atom stereocenters. The van der Waals surface area contributed by atoms with E-state index in [9.17, 15) is 0 Å². The fourth-order valence-electron chi connectivity index (χ4n) is 1.64. The minimum atomic E-state index is 0.243. The Hall–Kier alpha value is -0.450. The predicted octanol–water partition coefficient (Wildman–Crippen LogP) is 2.20.